The number of hydrogen-bond donors (Lipinski definition) is 2. The Morgan fingerprint density at radius 3 is 2.43 bits per heavy atom. The molecule has 2 aliphatic rings. The molecule has 0 spiro atoms. The van der Waals surface area contributed by atoms with Gasteiger partial charge in [-0.25, -0.2) is 0 Å². The van der Waals surface area contributed by atoms with Crippen LogP contribution in [-0.4, -0.2) is 22.8 Å². The predicted octanol–water partition coefficient (Wildman–Crippen LogP) is 2.21. The van der Waals surface area contributed by atoms with E-state index < -0.39 is 0 Å². The minimum Gasteiger partial charge on any atom is -0.392 e. The Labute approximate surface area is 87.1 Å². The maximum atomic E-state index is 9.88. The molecule has 0 heterocycles. The number of aliphatic hydroxyl groups is 1. The SMILES string of the molecule is CCC1(N[C@@H]2CCCC[C@H]2O)CCC1. The predicted molar refractivity (Wildman–Crippen MR) is 58.3 cm³/mol. The van der Waals surface area contributed by atoms with Crippen LogP contribution >= 0.6 is 0 Å². The molecule has 2 saturated carbocycles. The summed E-state index contributed by atoms with van der Waals surface area (Å²) in [4.78, 5) is 0. The molecule has 2 fully saturated rings. The van der Waals surface area contributed by atoms with E-state index in [2.05, 4.69) is 12.2 Å². The normalized spacial score (nSPS) is 36.4. The summed E-state index contributed by atoms with van der Waals surface area (Å²) in [6, 6.07) is 0.379. The van der Waals surface area contributed by atoms with Crippen LogP contribution in [0, 0.1) is 0 Å². The van der Waals surface area contributed by atoms with Crippen LogP contribution in [0.15, 0.2) is 0 Å². The summed E-state index contributed by atoms with van der Waals surface area (Å²) < 4.78 is 0. The minimum atomic E-state index is -0.0900. The van der Waals surface area contributed by atoms with Gasteiger partial charge in [-0.1, -0.05) is 19.8 Å². The van der Waals surface area contributed by atoms with Crippen LogP contribution in [-0.2, 0) is 0 Å². The lowest BCUT2D eigenvalue weighted by molar-refractivity contribution is 0.0494. The zero-order chi connectivity index (χ0) is 10.0. The Balaban J connectivity index is 1.88. The fourth-order valence-electron chi connectivity index (χ4n) is 2.88. The lowest BCUT2D eigenvalue weighted by Crippen LogP contribution is -2.58. The van der Waals surface area contributed by atoms with Gasteiger partial charge in [0.15, 0.2) is 0 Å². The van der Waals surface area contributed by atoms with Crippen molar-refractivity contribution in [2.24, 2.45) is 0 Å². The first-order valence-corrected chi connectivity index (χ1v) is 6.21. The van der Waals surface area contributed by atoms with E-state index in [0.29, 0.717) is 11.6 Å². The molecule has 2 rings (SSSR count). The molecule has 0 aromatic rings. The molecule has 2 aliphatic carbocycles. The Morgan fingerprint density at radius 2 is 1.93 bits per heavy atom. The van der Waals surface area contributed by atoms with Crippen molar-refractivity contribution in [3.8, 4) is 0 Å². The first kappa shape index (κ1) is 10.4. The molecule has 2 heteroatoms. The lowest BCUT2D eigenvalue weighted by atomic mass is 9.73. The zero-order valence-corrected chi connectivity index (χ0v) is 9.26. The lowest BCUT2D eigenvalue weighted by Gasteiger charge is -2.46. The second-order valence-electron chi connectivity index (χ2n) is 5.09. The molecule has 0 saturated heterocycles. The van der Waals surface area contributed by atoms with E-state index in [1.807, 2.05) is 0 Å². The zero-order valence-electron chi connectivity index (χ0n) is 9.26. The summed E-state index contributed by atoms with van der Waals surface area (Å²) in [5.74, 6) is 0. The summed E-state index contributed by atoms with van der Waals surface area (Å²) in [6.07, 6.45) is 9.78. The van der Waals surface area contributed by atoms with E-state index in [-0.39, 0.29) is 6.10 Å². The fraction of sp³-hybridized carbons (Fsp3) is 1.00. The number of rotatable bonds is 3. The van der Waals surface area contributed by atoms with Crippen LogP contribution in [0.3, 0.4) is 0 Å². The summed E-state index contributed by atoms with van der Waals surface area (Å²) in [5.41, 5.74) is 0.392. The highest BCUT2D eigenvalue weighted by atomic mass is 16.3. The van der Waals surface area contributed by atoms with Crippen LogP contribution in [0.4, 0.5) is 0 Å². The van der Waals surface area contributed by atoms with Crippen LogP contribution < -0.4 is 5.32 Å². The smallest absolute Gasteiger partial charge is 0.0693 e. The van der Waals surface area contributed by atoms with Crippen molar-refractivity contribution in [3.05, 3.63) is 0 Å². The topological polar surface area (TPSA) is 32.3 Å². The fourth-order valence-corrected chi connectivity index (χ4v) is 2.88. The molecule has 2 N–H and O–H groups in total. The van der Waals surface area contributed by atoms with Gasteiger partial charge < -0.3 is 10.4 Å². The van der Waals surface area contributed by atoms with Gasteiger partial charge in [0.05, 0.1) is 6.10 Å². The molecule has 0 aromatic heterocycles. The van der Waals surface area contributed by atoms with E-state index in [0.717, 1.165) is 6.42 Å². The van der Waals surface area contributed by atoms with Crippen molar-refractivity contribution in [2.75, 3.05) is 0 Å². The van der Waals surface area contributed by atoms with Crippen LogP contribution in [0.25, 0.3) is 0 Å². The molecule has 2 atom stereocenters. The second-order valence-corrected chi connectivity index (χ2v) is 5.09. The summed E-state index contributed by atoms with van der Waals surface area (Å²) in [6.45, 7) is 2.27. The highest BCUT2D eigenvalue weighted by Gasteiger charge is 2.38. The number of nitrogens with one attached hydrogen (secondary N) is 1. The molecule has 0 aliphatic heterocycles. The average molecular weight is 197 g/mol. The molecular formula is C12H23NO. The molecule has 0 amide bonds. The Morgan fingerprint density at radius 1 is 1.21 bits per heavy atom. The van der Waals surface area contributed by atoms with Gasteiger partial charge in [0.1, 0.15) is 0 Å². The summed E-state index contributed by atoms with van der Waals surface area (Å²) in [5, 5.41) is 13.6. The van der Waals surface area contributed by atoms with Gasteiger partial charge in [-0.2, -0.15) is 0 Å². The van der Waals surface area contributed by atoms with Crippen molar-refractivity contribution >= 4 is 0 Å². The van der Waals surface area contributed by atoms with Gasteiger partial charge in [0.2, 0.25) is 0 Å². The highest BCUT2D eigenvalue weighted by molar-refractivity contribution is 4.98. The van der Waals surface area contributed by atoms with Crippen molar-refractivity contribution in [2.45, 2.75) is 76.0 Å². The molecule has 14 heavy (non-hydrogen) atoms. The summed E-state index contributed by atoms with van der Waals surface area (Å²) >= 11 is 0. The van der Waals surface area contributed by atoms with Crippen LogP contribution in [0.5, 0.6) is 0 Å². The molecule has 0 aromatic carbocycles. The third-order valence-corrected chi connectivity index (χ3v) is 4.21. The van der Waals surface area contributed by atoms with E-state index in [1.165, 1.54) is 44.9 Å². The second kappa shape index (κ2) is 4.19. The van der Waals surface area contributed by atoms with E-state index in [9.17, 15) is 5.11 Å². The monoisotopic (exact) mass is 197 g/mol. The van der Waals surface area contributed by atoms with Crippen molar-refractivity contribution in [3.63, 3.8) is 0 Å². The first-order valence-electron chi connectivity index (χ1n) is 6.21. The van der Waals surface area contributed by atoms with E-state index in [1.54, 1.807) is 0 Å². The maximum absolute atomic E-state index is 9.88. The van der Waals surface area contributed by atoms with Gasteiger partial charge in [-0.05, 0) is 38.5 Å². The van der Waals surface area contributed by atoms with Gasteiger partial charge in [-0.3, -0.25) is 0 Å². The average Bonchev–Trinajstić information content (AvgIpc) is 2.14. The molecule has 2 nitrogen and oxygen atoms in total. The largest absolute Gasteiger partial charge is 0.392 e. The van der Waals surface area contributed by atoms with Crippen molar-refractivity contribution in [1.29, 1.82) is 0 Å². The standard InChI is InChI=1S/C12H23NO/c1-2-12(8-5-9-12)13-10-6-3-4-7-11(10)14/h10-11,13-14H,2-9H2,1H3/t10-,11-/m1/s1. The van der Waals surface area contributed by atoms with Gasteiger partial charge >= 0.3 is 0 Å². The van der Waals surface area contributed by atoms with Crippen molar-refractivity contribution in [1.82, 2.24) is 5.32 Å². The molecular weight excluding hydrogens is 174 g/mol. The van der Waals surface area contributed by atoms with Gasteiger partial charge in [0.25, 0.3) is 0 Å². The first-order chi connectivity index (χ1) is 6.76. The van der Waals surface area contributed by atoms with Gasteiger partial charge in [-0.15, -0.1) is 0 Å². The van der Waals surface area contributed by atoms with Crippen LogP contribution in [0.2, 0.25) is 0 Å². The van der Waals surface area contributed by atoms with E-state index in [4.69, 9.17) is 0 Å². The third-order valence-electron chi connectivity index (χ3n) is 4.21. The molecule has 82 valence electrons. The Bertz CT molecular complexity index is 183. The Kier molecular flexibility index (Phi) is 3.13. The van der Waals surface area contributed by atoms with Crippen molar-refractivity contribution < 1.29 is 5.11 Å². The maximum Gasteiger partial charge on any atom is 0.0693 e. The van der Waals surface area contributed by atoms with E-state index >= 15 is 0 Å². The molecule has 0 bridgehead atoms. The Hall–Kier alpha value is -0.0800. The van der Waals surface area contributed by atoms with Gasteiger partial charge in [0, 0.05) is 11.6 Å². The number of hydrogen-bond acceptors (Lipinski definition) is 2. The molecule has 0 unspecified atom stereocenters. The molecule has 0 radical (unpaired) electrons. The highest BCUT2D eigenvalue weighted by Crippen LogP contribution is 2.36. The number of aliphatic hydroxyl groups excluding tert-OH is 1. The third kappa shape index (κ3) is 1.96. The summed E-state index contributed by atoms with van der Waals surface area (Å²) in [7, 11) is 0. The van der Waals surface area contributed by atoms with Crippen LogP contribution in [0.1, 0.15) is 58.3 Å². The quantitative estimate of drug-likeness (QED) is 0.727. The minimum absolute atomic E-state index is 0.0900.